The first-order valence-electron chi connectivity index (χ1n) is 8.26. The number of nitrogens with zero attached hydrogens (tertiary/aromatic N) is 1. The molecular weight excluding hydrogens is 232 g/mol. The van der Waals surface area contributed by atoms with Crippen molar-refractivity contribution in [2.75, 3.05) is 32.7 Å². The summed E-state index contributed by atoms with van der Waals surface area (Å²) in [5.74, 6) is 1.69. The van der Waals surface area contributed by atoms with E-state index in [1.807, 2.05) is 6.08 Å². The highest BCUT2D eigenvalue weighted by Gasteiger charge is 2.18. The van der Waals surface area contributed by atoms with Gasteiger partial charge in [0.2, 0.25) is 0 Å². The molecule has 0 aromatic carbocycles. The Morgan fingerprint density at radius 1 is 1.21 bits per heavy atom. The summed E-state index contributed by atoms with van der Waals surface area (Å²) in [5.41, 5.74) is 0. The maximum Gasteiger partial charge on any atom is -0.00156 e. The molecule has 0 aromatic rings. The first-order chi connectivity index (χ1) is 9.22. The first-order valence-corrected chi connectivity index (χ1v) is 8.26. The van der Waals surface area contributed by atoms with Gasteiger partial charge in [0, 0.05) is 0 Å². The molecule has 2 heteroatoms. The number of hydrogen-bond donors (Lipinski definition) is 1. The number of unbranched alkanes of at least 4 members (excludes halogenated alkanes) is 3. The molecule has 1 aliphatic rings. The lowest BCUT2D eigenvalue weighted by Crippen LogP contribution is -2.38. The SMILES string of the molecule is C=CCCCCCN1CCC(CNCC(C)C)CC1. The van der Waals surface area contributed by atoms with E-state index in [0.717, 1.165) is 11.8 Å². The van der Waals surface area contributed by atoms with Crippen LogP contribution in [-0.4, -0.2) is 37.6 Å². The highest BCUT2D eigenvalue weighted by atomic mass is 15.1. The van der Waals surface area contributed by atoms with Crippen molar-refractivity contribution in [2.24, 2.45) is 11.8 Å². The molecule has 0 atom stereocenters. The van der Waals surface area contributed by atoms with E-state index in [1.165, 1.54) is 71.2 Å². The average Bonchev–Trinajstić information content (AvgIpc) is 2.40. The van der Waals surface area contributed by atoms with Crippen LogP contribution in [0.25, 0.3) is 0 Å². The highest BCUT2D eigenvalue weighted by molar-refractivity contribution is 4.74. The molecule has 1 aliphatic heterocycles. The Bertz CT molecular complexity index is 217. The number of likely N-dealkylation sites (tertiary alicyclic amines) is 1. The van der Waals surface area contributed by atoms with Crippen LogP contribution < -0.4 is 5.32 Å². The molecule has 0 bridgehead atoms. The van der Waals surface area contributed by atoms with Gasteiger partial charge >= 0.3 is 0 Å². The number of piperidine rings is 1. The zero-order valence-electron chi connectivity index (χ0n) is 13.2. The van der Waals surface area contributed by atoms with Crippen molar-refractivity contribution in [2.45, 2.75) is 52.4 Å². The summed E-state index contributed by atoms with van der Waals surface area (Å²) in [6, 6.07) is 0. The minimum atomic E-state index is 0.774. The van der Waals surface area contributed by atoms with E-state index in [-0.39, 0.29) is 0 Å². The fourth-order valence-electron chi connectivity index (χ4n) is 2.79. The Morgan fingerprint density at radius 3 is 2.58 bits per heavy atom. The Kier molecular flexibility index (Phi) is 9.19. The van der Waals surface area contributed by atoms with Crippen LogP contribution in [0.15, 0.2) is 12.7 Å². The normalized spacial score (nSPS) is 18.1. The molecule has 0 spiro atoms. The van der Waals surface area contributed by atoms with Gasteiger partial charge in [-0.1, -0.05) is 26.3 Å². The topological polar surface area (TPSA) is 15.3 Å². The van der Waals surface area contributed by atoms with Crippen LogP contribution in [0, 0.1) is 11.8 Å². The molecule has 19 heavy (non-hydrogen) atoms. The van der Waals surface area contributed by atoms with Gasteiger partial charge in [-0.3, -0.25) is 0 Å². The molecule has 1 heterocycles. The van der Waals surface area contributed by atoms with Gasteiger partial charge in [-0.2, -0.15) is 0 Å². The third-order valence-corrected chi connectivity index (χ3v) is 4.08. The van der Waals surface area contributed by atoms with Gasteiger partial charge in [-0.25, -0.2) is 0 Å². The zero-order chi connectivity index (χ0) is 13.9. The van der Waals surface area contributed by atoms with Crippen molar-refractivity contribution < 1.29 is 0 Å². The second-order valence-electron chi connectivity index (χ2n) is 6.48. The number of nitrogens with one attached hydrogen (secondary N) is 1. The number of rotatable bonds is 10. The van der Waals surface area contributed by atoms with E-state index in [2.05, 4.69) is 30.6 Å². The summed E-state index contributed by atoms with van der Waals surface area (Å²) < 4.78 is 0. The van der Waals surface area contributed by atoms with Gasteiger partial charge in [0.1, 0.15) is 0 Å². The van der Waals surface area contributed by atoms with E-state index in [4.69, 9.17) is 0 Å². The summed E-state index contributed by atoms with van der Waals surface area (Å²) >= 11 is 0. The van der Waals surface area contributed by atoms with Crippen LogP contribution in [0.2, 0.25) is 0 Å². The van der Waals surface area contributed by atoms with Crippen LogP contribution >= 0.6 is 0 Å². The summed E-state index contributed by atoms with van der Waals surface area (Å²) in [6.45, 7) is 14.7. The van der Waals surface area contributed by atoms with Crippen LogP contribution in [-0.2, 0) is 0 Å². The molecular formula is C17H34N2. The first kappa shape index (κ1) is 16.7. The molecule has 0 amide bonds. The molecule has 1 N–H and O–H groups in total. The molecule has 1 fully saturated rings. The maximum atomic E-state index is 3.78. The van der Waals surface area contributed by atoms with E-state index >= 15 is 0 Å². The van der Waals surface area contributed by atoms with Crippen molar-refractivity contribution >= 4 is 0 Å². The molecule has 0 radical (unpaired) electrons. The molecule has 0 unspecified atom stereocenters. The third-order valence-electron chi connectivity index (χ3n) is 4.08. The molecule has 0 saturated carbocycles. The summed E-state index contributed by atoms with van der Waals surface area (Å²) in [7, 11) is 0. The van der Waals surface area contributed by atoms with Crippen molar-refractivity contribution in [1.82, 2.24) is 10.2 Å². The molecule has 112 valence electrons. The Hall–Kier alpha value is -0.340. The van der Waals surface area contributed by atoms with Crippen molar-refractivity contribution in [1.29, 1.82) is 0 Å². The lowest BCUT2D eigenvalue weighted by molar-refractivity contribution is 0.179. The van der Waals surface area contributed by atoms with Crippen molar-refractivity contribution in [3.05, 3.63) is 12.7 Å². The fourth-order valence-corrected chi connectivity index (χ4v) is 2.79. The Morgan fingerprint density at radius 2 is 1.95 bits per heavy atom. The van der Waals surface area contributed by atoms with Crippen molar-refractivity contribution in [3.63, 3.8) is 0 Å². The highest BCUT2D eigenvalue weighted by Crippen LogP contribution is 2.17. The van der Waals surface area contributed by atoms with Gasteiger partial charge < -0.3 is 10.2 Å². The molecule has 1 rings (SSSR count). The van der Waals surface area contributed by atoms with Crippen molar-refractivity contribution in [3.8, 4) is 0 Å². The quantitative estimate of drug-likeness (QED) is 0.479. The lowest BCUT2D eigenvalue weighted by Gasteiger charge is -2.32. The standard InChI is InChI=1S/C17H34N2/c1-4-5-6-7-8-11-19-12-9-17(10-13-19)15-18-14-16(2)3/h4,16-18H,1,5-15H2,2-3H3. The molecule has 0 aliphatic carbocycles. The van der Waals surface area contributed by atoms with Gasteiger partial charge in [0.05, 0.1) is 0 Å². The fraction of sp³-hybridized carbons (Fsp3) is 0.882. The van der Waals surface area contributed by atoms with Gasteiger partial charge in [-0.15, -0.1) is 6.58 Å². The largest absolute Gasteiger partial charge is 0.316 e. The van der Waals surface area contributed by atoms with E-state index in [1.54, 1.807) is 0 Å². The third kappa shape index (κ3) is 8.43. The summed E-state index contributed by atoms with van der Waals surface area (Å²) in [5, 5.41) is 3.61. The van der Waals surface area contributed by atoms with Gasteiger partial charge in [-0.05, 0) is 76.7 Å². The molecule has 1 saturated heterocycles. The Labute approximate surface area is 120 Å². The second-order valence-corrected chi connectivity index (χ2v) is 6.48. The van der Waals surface area contributed by atoms with Gasteiger partial charge in [0.15, 0.2) is 0 Å². The monoisotopic (exact) mass is 266 g/mol. The van der Waals surface area contributed by atoms with Crippen LogP contribution in [0.5, 0.6) is 0 Å². The maximum absolute atomic E-state index is 3.78. The molecule has 0 aromatic heterocycles. The Balaban J connectivity index is 1.97. The smallest absolute Gasteiger partial charge is 0.00156 e. The average molecular weight is 266 g/mol. The zero-order valence-corrected chi connectivity index (χ0v) is 13.2. The molecule has 2 nitrogen and oxygen atoms in total. The van der Waals surface area contributed by atoms with Gasteiger partial charge in [0.25, 0.3) is 0 Å². The lowest BCUT2D eigenvalue weighted by atomic mass is 9.96. The minimum absolute atomic E-state index is 0.774. The second kappa shape index (κ2) is 10.4. The predicted molar refractivity (Wildman–Crippen MR) is 85.5 cm³/mol. The number of hydrogen-bond acceptors (Lipinski definition) is 2. The van der Waals surface area contributed by atoms with Crippen LogP contribution in [0.1, 0.15) is 52.4 Å². The van der Waals surface area contributed by atoms with E-state index in [9.17, 15) is 0 Å². The van der Waals surface area contributed by atoms with Crippen LogP contribution in [0.3, 0.4) is 0 Å². The summed E-state index contributed by atoms with van der Waals surface area (Å²) in [6.07, 6.45) is 10.0. The predicted octanol–water partition coefficient (Wildman–Crippen LogP) is 3.69. The van der Waals surface area contributed by atoms with E-state index < -0.39 is 0 Å². The number of allylic oxidation sites excluding steroid dienone is 1. The summed E-state index contributed by atoms with van der Waals surface area (Å²) in [4.78, 5) is 2.66. The van der Waals surface area contributed by atoms with Crippen LogP contribution in [0.4, 0.5) is 0 Å². The van der Waals surface area contributed by atoms with E-state index in [0.29, 0.717) is 0 Å². The minimum Gasteiger partial charge on any atom is -0.316 e.